The second-order valence-corrected chi connectivity index (χ2v) is 7.70. The molecule has 0 bridgehead atoms. The third kappa shape index (κ3) is 3.91. The summed E-state index contributed by atoms with van der Waals surface area (Å²) < 4.78 is 7.95. The second kappa shape index (κ2) is 6.75. The minimum atomic E-state index is -0.0339. The number of aromatic nitrogens is 2. The van der Waals surface area contributed by atoms with Crippen molar-refractivity contribution in [2.24, 2.45) is 11.8 Å². The number of urea groups is 1. The third-order valence-corrected chi connectivity index (χ3v) is 5.50. The second-order valence-electron chi connectivity index (χ2n) is 7.70. The molecule has 6 heteroatoms. The highest BCUT2D eigenvalue weighted by Crippen LogP contribution is 2.39. The maximum atomic E-state index is 12.5. The molecule has 0 radical (unpaired) electrons. The van der Waals surface area contributed by atoms with Gasteiger partial charge < -0.3 is 15.0 Å². The fourth-order valence-electron chi connectivity index (χ4n) is 3.44. The number of nitrogens with zero attached hydrogens (tertiary/aromatic N) is 3. The van der Waals surface area contributed by atoms with Crippen molar-refractivity contribution in [1.82, 2.24) is 14.7 Å². The summed E-state index contributed by atoms with van der Waals surface area (Å²) in [6.07, 6.45) is 11.2. The summed E-state index contributed by atoms with van der Waals surface area (Å²) in [6, 6.07) is 0.388. The van der Waals surface area contributed by atoms with Crippen LogP contribution >= 0.6 is 0 Å². The van der Waals surface area contributed by atoms with Crippen molar-refractivity contribution in [2.75, 3.05) is 25.0 Å². The van der Waals surface area contributed by atoms with Crippen molar-refractivity contribution in [3.63, 3.8) is 0 Å². The first kappa shape index (κ1) is 15.9. The van der Waals surface area contributed by atoms with Gasteiger partial charge in [0.15, 0.2) is 0 Å². The molecule has 0 aromatic carbocycles. The Balaban J connectivity index is 1.28. The topological polar surface area (TPSA) is 59.4 Å². The van der Waals surface area contributed by atoms with Crippen LogP contribution in [0.3, 0.4) is 0 Å². The minimum absolute atomic E-state index is 0.0339. The van der Waals surface area contributed by atoms with Crippen molar-refractivity contribution in [2.45, 2.75) is 57.6 Å². The standard InChI is InChI=1S/C18H28N4O2/c1-13(15-6-7-15)22-10-16(9-19-22)20-18(23)21-8-2-3-17(11-21)24-12-14-4-5-14/h9-10,13-15,17H,2-8,11-12H2,1H3,(H,20,23)/t13-,17-/m1/s1. The first-order chi connectivity index (χ1) is 11.7. The molecule has 1 aliphatic heterocycles. The normalized spacial score (nSPS) is 25.5. The number of anilines is 1. The number of nitrogens with one attached hydrogen (secondary N) is 1. The van der Waals surface area contributed by atoms with E-state index in [4.69, 9.17) is 4.74 Å². The van der Waals surface area contributed by atoms with Gasteiger partial charge in [-0.1, -0.05) is 0 Å². The van der Waals surface area contributed by atoms with Crippen LogP contribution in [0.25, 0.3) is 0 Å². The van der Waals surface area contributed by atoms with Gasteiger partial charge >= 0.3 is 6.03 Å². The van der Waals surface area contributed by atoms with Crippen molar-refractivity contribution >= 4 is 11.7 Å². The quantitative estimate of drug-likeness (QED) is 0.870. The zero-order valence-corrected chi connectivity index (χ0v) is 14.5. The van der Waals surface area contributed by atoms with Crippen LogP contribution in [0.15, 0.2) is 12.4 Å². The fraction of sp³-hybridized carbons (Fsp3) is 0.778. The molecular weight excluding hydrogens is 304 g/mol. The number of hydrogen-bond donors (Lipinski definition) is 1. The number of hydrogen-bond acceptors (Lipinski definition) is 3. The SMILES string of the molecule is C[C@H](C1CC1)n1cc(NC(=O)N2CCC[C@@H](OCC3CC3)C2)cn1. The summed E-state index contributed by atoms with van der Waals surface area (Å²) in [4.78, 5) is 14.4. The molecule has 2 heterocycles. The highest BCUT2D eigenvalue weighted by molar-refractivity contribution is 5.89. The predicted octanol–water partition coefficient (Wildman–Crippen LogP) is 3.28. The molecule has 0 unspecified atom stereocenters. The van der Waals surface area contributed by atoms with E-state index in [-0.39, 0.29) is 12.1 Å². The van der Waals surface area contributed by atoms with Gasteiger partial charge in [0.25, 0.3) is 0 Å². The van der Waals surface area contributed by atoms with Gasteiger partial charge in [-0.3, -0.25) is 4.68 Å². The van der Waals surface area contributed by atoms with Gasteiger partial charge in [-0.05, 0) is 57.3 Å². The van der Waals surface area contributed by atoms with Crippen molar-refractivity contribution in [3.05, 3.63) is 12.4 Å². The summed E-state index contributed by atoms with van der Waals surface area (Å²) in [6.45, 7) is 4.57. The number of carbonyl (C=O) groups excluding carboxylic acids is 1. The molecule has 6 nitrogen and oxygen atoms in total. The molecule has 2 aliphatic carbocycles. The van der Waals surface area contributed by atoms with Gasteiger partial charge in [0.2, 0.25) is 0 Å². The number of carbonyl (C=O) groups is 1. The molecule has 0 spiro atoms. The Kier molecular flexibility index (Phi) is 4.48. The van der Waals surface area contributed by atoms with E-state index in [0.29, 0.717) is 12.6 Å². The van der Waals surface area contributed by atoms with Crippen LogP contribution in [0.4, 0.5) is 10.5 Å². The van der Waals surface area contributed by atoms with Gasteiger partial charge in [-0.2, -0.15) is 5.10 Å². The van der Waals surface area contributed by atoms with Crippen molar-refractivity contribution in [1.29, 1.82) is 0 Å². The molecule has 24 heavy (non-hydrogen) atoms. The molecule has 3 fully saturated rings. The van der Waals surface area contributed by atoms with Gasteiger partial charge in [0.1, 0.15) is 0 Å². The Hall–Kier alpha value is -1.56. The monoisotopic (exact) mass is 332 g/mol. The van der Waals surface area contributed by atoms with Gasteiger partial charge in [0.05, 0.1) is 24.0 Å². The maximum absolute atomic E-state index is 12.5. The van der Waals surface area contributed by atoms with Crippen LogP contribution in [0.5, 0.6) is 0 Å². The van der Waals surface area contributed by atoms with Crippen LogP contribution < -0.4 is 5.32 Å². The zero-order valence-electron chi connectivity index (χ0n) is 14.5. The lowest BCUT2D eigenvalue weighted by atomic mass is 10.1. The van der Waals surface area contributed by atoms with E-state index < -0.39 is 0 Å². The number of piperidine rings is 1. The van der Waals surface area contributed by atoms with Crippen molar-refractivity contribution in [3.8, 4) is 0 Å². The average Bonchev–Trinajstić information content (AvgIpc) is 3.51. The Labute approximate surface area is 143 Å². The number of rotatable bonds is 6. The number of ether oxygens (including phenoxy) is 1. The molecule has 132 valence electrons. The lowest BCUT2D eigenvalue weighted by Crippen LogP contribution is -2.45. The molecular formula is C18H28N4O2. The Morgan fingerprint density at radius 2 is 2.21 bits per heavy atom. The van der Waals surface area contributed by atoms with Crippen LogP contribution in [0.2, 0.25) is 0 Å². The first-order valence-corrected chi connectivity index (χ1v) is 9.40. The summed E-state index contributed by atoms with van der Waals surface area (Å²) in [7, 11) is 0. The molecule has 2 saturated carbocycles. The van der Waals surface area contributed by atoms with Crippen LogP contribution in [-0.2, 0) is 4.74 Å². The molecule has 1 N–H and O–H groups in total. The van der Waals surface area contributed by atoms with Gasteiger partial charge in [-0.25, -0.2) is 4.79 Å². The van der Waals surface area contributed by atoms with E-state index in [1.807, 2.05) is 15.8 Å². The smallest absolute Gasteiger partial charge is 0.322 e. The van der Waals surface area contributed by atoms with Gasteiger partial charge in [-0.15, -0.1) is 0 Å². The fourth-order valence-corrected chi connectivity index (χ4v) is 3.44. The van der Waals surface area contributed by atoms with E-state index in [1.165, 1.54) is 25.7 Å². The van der Waals surface area contributed by atoms with Crippen LogP contribution in [-0.4, -0.2) is 46.5 Å². The summed E-state index contributed by atoms with van der Waals surface area (Å²) in [5.41, 5.74) is 0.786. The largest absolute Gasteiger partial charge is 0.376 e. The lowest BCUT2D eigenvalue weighted by Gasteiger charge is -2.32. The van der Waals surface area contributed by atoms with E-state index in [9.17, 15) is 4.79 Å². The lowest BCUT2D eigenvalue weighted by molar-refractivity contribution is 0.00597. The highest BCUT2D eigenvalue weighted by atomic mass is 16.5. The Morgan fingerprint density at radius 3 is 2.96 bits per heavy atom. The highest BCUT2D eigenvalue weighted by Gasteiger charge is 2.30. The summed E-state index contributed by atoms with van der Waals surface area (Å²) in [5, 5.41) is 7.40. The average molecular weight is 332 g/mol. The first-order valence-electron chi connectivity index (χ1n) is 9.40. The molecule has 4 rings (SSSR count). The van der Waals surface area contributed by atoms with E-state index in [2.05, 4.69) is 17.3 Å². The van der Waals surface area contributed by atoms with Gasteiger partial charge in [0, 0.05) is 25.9 Å². The number of amides is 2. The minimum Gasteiger partial charge on any atom is -0.376 e. The van der Waals surface area contributed by atoms with Crippen LogP contribution in [0.1, 0.15) is 51.5 Å². The Morgan fingerprint density at radius 1 is 1.38 bits per heavy atom. The molecule has 2 amide bonds. The van der Waals surface area contributed by atoms with E-state index in [0.717, 1.165) is 43.5 Å². The summed E-state index contributed by atoms with van der Waals surface area (Å²) >= 11 is 0. The number of likely N-dealkylation sites (tertiary alicyclic amines) is 1. The zero-order chi connectivity index (χ0) is 16.5. The molecule has 1 aromatic rings. The Bertz CT molecular complexity index is 579. The van der Waals surface area contributed by atoms with Crippen LogP contribution in [0, 0.1) is 11.8 Å². The predicted molar refractivity (Wildman–Crippen MR) is 92.0 cm³/mol. The maximum Gasteiger partial charge on any atom is 0.322 e. The third-order valence-electron chi connectivity index (χ3n) is 5.50. The molecule has 1 aromatic heterocycles. The molecule has 2 atom stereocenters. The van der Waals surface area contributed by atoms with E-state index >= 15 is 0 Å². The summed E-state index contributed by atoms with van der Waals surface area (Å²) in [5.74, 6) is 1.52. The van der Waals surface area contributed by atoms with Crippen molar-refractivity contribution < 1.29 is 9.53 Å². The molecule has 1 saturated heterocycles. The molecule has 3 aliphatic rings. The van der Waals surface area contributed by atoms with E-state index in [1.54, 1.807) is 6.20 Å².